The standard InChI is InChI=1S/C29H33N3O.C26H33N3O2.C23H25ClN2O.C21H20N4O/c1-3-26-28(33)20-25-19-24(15-16-27(25)31-26)29(23-13-8-5-9-14-23)30-17-10-18-32(2)21-22-11-6-4-7-12-22;1-3-23-25(30)18-21-17-20(9-10-24(21)28-23)26(19-7-5-4-6-8-19)29-14-11-22(12-15-29)27-13-16-31-2;1-2-20-22(27)15-18-14-17(8-11-21(18)25-20)23(26-12-4-3-5-13-26)16-6-9-19(24)10-7-16;1-2-17-21(26)24-19-12-15(8-9-18(19)23-17)13-20(25-11-10-22-14-25)16-6-4-3-5-7-16/h4-9,11-16,19,29-30H,3,10,17-18,20-21H2,1-2H3;4-10,17,22,26-27H,3,11-16,18H2,1-2H3;6-11,14,23H,2-5,12-13,15H2,1H3;3-12,14,20H,2,13H2,1H3,(H,24,26). The lowest BCUT2D eigenvalue weighted by Gasteiger charge is -2.38. The van der Waals surface area contributed by atoms with Crippen molar-refractivity contribution in [1.29, 1.82) is 0 Å². The topological polar surface area (TPSA) is 195 Å². The molecule has 17 nitrogen and oxygen atoms in total. The molecule has 7 heterocycles. The lowest BCUT2D eigenvalue weighted by atomic mass is 9.90. The lowest BCUT2D eigenvalue weighted by molar-refractivity contribution is -0.113. The maximum absolute atomic E-state index is 12.4. The fraction of sp³-hybridized carbons (Fsp3) is 0.343. The van der Waals surface area contributed by atoms with E-state index in [-0.39, 0.29) is 47.1 Å². The normalized spacial score (nSPS) is 16.0. The summed E-state index contributed by atoms with van der Waals surface area (Å²) < 4.78 is 7.28. The van der Waals surface area contributed by atoms with Crippen LogP contribution < -0.4 is 16.2 Å². The van der Waals surface area contributed by atoms with E-state index in [1.165, 1.54) is 63.8 Å². The number of aromatic amines is 1. The van der Waals surface area contributed by atoms with Crippen molar-refractivity contribution < 1.29 is 19.1 Å². The van der Waals surface area contributed by atoms with Crippen LogP contribution in [0, 0.1) is 0 Å². The van der Waals surface area contributed by atoms with Crippen LogP contribution in [-0.2, 0) is 57.8 Å². The number of benzene rings is 9. The first-order valence-corrected chi connectivity index (χ1v) is 42.4. The Morgan fingerprint density at radius 3 is 1.56 bits per heavy atom. The van der Waals surface area contributed by atoms with Gasteiger partial charge in [0.1, 0.15) is 5.69 Å². The highest BCUT2D eigenvalue weighted by Crippen LogP contribution is 2.39. The zero-order chi connectivity index (χ0) is 81.4. The third-order valence-electron chi connectivity index (χ3n) is 22.9. The highest BCUT2D eigenvalue weighted by Gasteiger charge is 2.31. The second kappa shape index (κ2) is 42.0. The van der Waals surface area contributed by atoms with Crippen LogP contribution in [0.2, 0.25) is 5.02 Å². The van der Waals surface area contributed by atoms with E-state index < -0.39 is 0 Å². The molecule has 0 amide bonds. The number of halogens is 1. The summed E-state index contributed by atoms with van der Waals surface area (Å²) in [7, 11) is 3.92. The molecule has 0 spiro atoms. The van der Waals surface area contributed by atoms with Gasteiger partial charge in [-0.25, -0.2) is 24.9 Å². The number of piperidine rings is 2. The smallest absolute Gasteiger partial charge is 0.270 e. The Morgan fingerprint density at radius 2 is 1.03 bits per heavy atom. The maximum Gasteiger partial charge on any atom is 0.270 e. The highest BCUT2D eigenvalue weighted by atomic mass is 35.5. The van der Waals surface area contributed by atoms with Gasteiger partial charge in [-0.3, -0.25) is 29.0 Å². The Morgan fingerprint density at radius 1 is 0.530 bits per heavy atom. The number of Topliss-reactive ketones (excluding diaryl/α,β-unsaturated/α-hetero) is 3. The molecular formula is C99H111ClN12O5. The molecule has 4 unspecified atom stereocenters. The number of aliphatic imine (C=N–C) groups is 3. The minimum atomic E-state index is -0.105. The molecule has 11 aromatic rings. The number of methoxy groups -OCH3 is 1. The number of rotatable bonds is 27. The number of nitrogens with one attached hydrogen (secondary N) is 3. The zero-order valence-electron chi connectivity index (χ0n) is 68.6. The van der Waals surface area contributed by atoms with Crippen LogP contribution in [0.4, 0.5) is 17.1 Å². The largest absolute Gasteiger partial charge is 0.383 e. The van der Waals surface area contributed by atoms with Gasteiger partial charge in [0.05, 0.1) is 82.3 Å². The minimum absolute atomic E-state index is 0.0857. The van der Waals surface area contributed by atoms with Crippen molar-refractivity contribution in [2.45, 2.75) is 154 Å². The molecule has 16 rings (SSSR count). The van der Waals surface area contributed by atoms with Gasteiger partial charge in [0.25, 0.3) is 5.56 Å². The molecule has 3 N–H and O–H groups in total. The molecule has 604 valence electrons. The third-order valence-corrected chi connectivity index (χ3v) is 23.2. The molecular weight excluding hydrogens is 1470 g/mol. The van der Waals surface area contributed by atoms with E-state index in [1.807, 2.05) is 88.8 Å². The third kappa shape index (κ3) is 22.4. The predicted octanol–water partition coefficient (Wildman–Crippen LogP) is 18.6. The highest BCUT2D eigenvalue weighted by molar-refractivity contribution is 6.42. The van der Waals surface area contributed by atoms with Gasteiger partial charge in [0.15, 0.2) is 17.3 Å². The van der Waals surface area contributed by atoms with Gasteiger partial charge in [-0.15, -0.1) is 0 Å². The number of nitrogens with zero attached hydrogens (tertiary/aromatic N) is 9. The zero-order valence-corrected chi connectivity index (χ0v) is 69.4. The average Bonchev–Trinajstić information content (AvgIpc) is 1.22. The first kappa shape index (κ1) is 84.3. The number of aromatic nitrogens is 4. The minimum Gasteiger partial charge on any atom is -0.383 e. The van der Waals surface area contributed by atoms with Crippen molar-refractivity contribution >= 4 is 74.2 Å². The Balaban J connectivity index is 0.000000136. The van der Waals surface area contributed by atoms with Crippen LogP contribution in [0.15, 0.2) is 257 Å². The van der Waals surface area contributed by atoms with Crippen molar-refractivity contribution in [1.82, 2.24) is 44.9 Å². The maximum atomic E-state index is 12.4. The predicted molar refractivity (Wildman–Crippen MR) is 475 cm³/mol. The Labute approximate surface area is 694 Å². The number of hydrogen-bond acceptors (Lipinski definition) is 15. The van der Waals surface area contributed by atoms with Crippen molar-refractivity contribution in [3.63, 3.8) is 0 Å². The van der Waals surface area contributed by atoms with Crippen molar-refractivity contribution in [2.75, 3.05) is 66.6 Å². The number of hydrogen-bond donors (Lipinski definition) is 3. The van der Waals surface area contributed by atoms with Crippen LogP contribution in [0.1, 0.15) is 182 Å². The number of aryl methyl sites for hydroxylation is 1. The van der Waals surface area contributed by atoms with Crippen LogP contribution in [0.5, 0.6) is 0 Å². The molecule has 4 atom stereocenters. The van der Waals surface area contributed by atoms with Gasteiger partial charge in [-0.1, -0.05) is 222 Å². The SMILES string of the molecule is CCC1=Nc2ccc(C(NCCCN(C)Cc3ccccc3)c3ccccc3)cc2CC1=O.CCC1=Nc2ccc(C(c3ccc(Cl)cc3)N3CCCCC3)cc2CC1=O.CCC1=Nc2ccc(C(c3ccccc3)N3CCC(NCCOC)CC3)cc2CC1=O.CCc1nc2ccc(CC(c3ccccc3)n3ccnc3)cc2[nH]c1=O. The molecule has 0 aliphatic carbocycles. The second-order valence-corrected chi connectivity index (χ2v) is 31.5. The van der Waals surface area contributed by atoms with E-state index in [0.29, 0.717) is 73.8 Å². The van der Waals surface area contributed by atoms with Crippen LogP contribution in [-0.4, -0.2) is 141 Å². The van der Waals surface area contributed by atoms with E-state index in [9.17, 15) is 19.2 Å². The van der Waals surface area contributed by atoms with Gasteiger partial charge in [0, 0.05) is 76.0 Å². The number of H-pyrrole nitrogens is 1. The monoisotopic (exact) mass is 1580 g/mol. The molecule has 0 saturated carbocycles. The van der Waals surface area contributed by atoms with Gasteiger partial charge >= 0.3 is 0 Å². The van der Waals surface area contributed by atoms with E-state index >= 15 is 0 Å². The number of fused-ring (bicyclic) bond motifs is 4. The Hall–Kier alpha value is -10.6. The van der Waals surface area contributed by atoms with Gasteiger partial charge < -0.3 is 29.8 Å². The summed E-state index contributed by atoms with van der Waals surface area (Å²) in [6.45, 7) is 16.7. The fourth-order valence-electron chi connectivity index (χ4n) is 16.7. The summed E-state index contributed by atoms with van der Waals surface area (Å²) >= 11 is 6.12. The molecule has 18 heteroatoms. The number of ketones is 3. The quantitative estimate of drug-likeness (QED) is 0.0413. The number of imidazole rings is 1. The molecule has 5 aliphatic rings. The van der Waals surface area contributed by atoms with Gasteiger partial charge in [-0.2, -0.15) is 0 Å². The molecule has 2 saturated heterocycles. The first-order valence-electron chi connectivity index (χ1n) is 42.0. The summed E-state index contributed by atoms with van der Waals surface area (Å²) in [5, 5.41) is 8.13. The Bertz CT molecular complexity index is 5260. The summed E-state index contributed by atoms with van der Waals surface area (Å²) in [5.74, 6) is 0.461. The van der Waals surface area contributed by atoms with Crippen molar-refractivity contribution in [3.05, 3.63) is 325 Å². The number of ether oxygens (including phenoxy) is 1. The van der Waals surface area contributed by atoms with E-state index in [0.717, 1.165) is 140 Å². The van der Waals surface area contributed by atoms with E-state index in [2.05, 4.69) is 237 Å². The fourth-order valence-corrected chi connectivity index (χ4v) is 16.8. The summed E-state index contributed by atoms with van der Waals surface area (Å²) in [6, 6.07) is 77.0. The lowest BCUT2D eigenvalue weighted by Crippen LogP contribution is -2.44. The van der Waals surface area contributed by atoms with Crippen LogP contribution in [0.25, 0.3) is 11.0 Å². The average molecular weight is 1580 g/mol. The van der Waals surface area contributed by atoms with Gasteiger partial charge in [-0.05, 0) is 207 Å². The molecule has 2 aromatic heterocycles. The molecule has 0 bridgehead atoms. The van der Waals surface area contributed by atoms with E-state index in [1.54, 1.807) is 13.3 Å². The summed E-state index contributed by atoms with van der Waals surface area (Å²) in [5.41, 5.74) is 21.3. The number of carbonyl (C=O) groups is 3. The first-order chi connectivity index (χ1) is 57.2. The molecule has 117 heavy (non-hydrogen) atoms. The molecule has 9 aromatic carbocycles. The van der Waals surface area contributed by atoms with Crippen molar-refractivity contribution in [3.8, 4) is 0 Å². The second-order valence-electron chi connectivity index (χ2n) is 31.1. The number of carbonyl (C=O) groups excluding carboxylic acids is 3. The van der Waals surface area contributed by atoms with Crippen LogP contribution in [0.3, 0.4) is 0 Å². The molecule has 2 fully saturated rings. The number of likely N-dealkylation sites (tertiary alicyclic amines) is 2. The van der Waals surface area contributed by atoms with E-state index in [4.69, 9.17) is 16.3 Å². The van der Waals surface area contributed by atoms with Gasteiger partial charge in [0.2, 0.25) is 0 Å². The summed E-state index contributed by atoms with van der Waals surface area (Å²) in [6.07, 6.45) is 17.6. The summed E-state index contributed by atoms with van der Waals surface area (Å²) in [4.78, 5) is 82.1. The molecule has 0 radical (unpaired) electrons. The molecule has 5 aliphatic heterocycles. The van der Waals surface area contributed by atoms with Crippen LogP contribution >= 0.6 is 11.6 Å². The van der Waals surface area contributed by atoms with Crippen molar-refractivity contribution in [2.24, 2.45) is 15.0 Å². The Kier molecular flexibility index (Phi) is 30.3.